The average Bonchev–Trinajstić information content (AvgIpc) is 2.43. The molecule has 2 aromatic carbocycles. The third kappa shape index (κ3) is 3.67. The molecule has 106 valence electrons. The Balaban J connectivity index is 2.13. The highest BCUT2D eigenvalue weighted by Crippen LogP contribution is 2.32. The molecule has 0 saturated carbocycles. The van der Waals surface area contributed by atoms with E-state index in [0.717, 1.165) is 21.8 Å². The van der Waals surface area contributed by atoms with E-state index < -0.39 is 0 Å². The molecule has 0 atom stereocenters. The van der Waals surface area contributed by atoms with Gasteiger partial charge in [-0.25, -0.2) is 4.39 Å². The first-order chi connectivity index (χ1) is 9.60. The summed E-state index contributed by atoms with van der Waals surface area (Å²) in [5.74, 6) is 1.28. The van der Waals surface area contributed by atoms with Gasteiger partial charge in [0.2, 0.25) is 0 Å². The smallest absolute Gasteiger partial charge is 0.123 e. The molecule has 2 nitrogen and oxygen atoms in total. The summed E-state index contributed by atoms with van der Waals surface area (Å²) in [6, 6.07) is 10.5. The van der Waals surface area contributed by atoms with Gasteiger partial charge in [0.15, 0.2) is 0 Å². The molecule has 0 spiro atoms. The summed E-state index contributed by atoms with van der Waals surface area (Å²) in [7, 11) is 0. The van der Waals surface area contributed by atoms with Gasteiger partial charge >= 0.3 is 0 Å². The molecular weight excluding hydrogens is 273 g/mol. The molecule has 2 aromatic rings. The molecule has 4 heteroatoms. The normalized spacial score (nSPS) is 10.6. The zero-order valence-electron chi connectivity index (χ0n) is 11.7. The van der Waals surface area contributed by atoms with Gasteiger partial charge in [0.1, 0.15) is 11.6 Å². The van der Waals surface area contributed by atoms with Gasteiger partial charge in [0.05, 0.1) is 6.61 Å². The van der Waals surface area contributed by atoms with Crippen LogP contribution in [0.5, 0.6) is 5.75 Å². The molecular formula is C16H18FNOS. The van der Waals surface area contributed by atoms with Crippen molar-refractivity contribution >= 4 is 17.4 Å². The van der Waals surface area contributed by atoms with Crippen molar-refractivity contribution in [2.75, 3.05) is 12.3 Å². The minimum Gasteiger partial charge on any atom is -0.494 e. The van der Waals surface area contributed by atoms with Crippen molar-refractivity contribution in [1.82, 2.24) is 0 Å². The second kappa shape index (κ2) is 6.66. The van der Waals surface area contributed by atoms with Gasteiger partial charge in [-0.1, -0.05) is 6.07 Å². The Labute approximate surface area is 123 Å². The SMILES string of the molecule is CCOc1ccc(N)c(SCc2cc(F)ccc2C)c1. The van der Waals surface area contributed by atoms with E-state index in [1.165, 1.54) is 6.07 Å². The zero-order valence-corrected chi connectivity index (χ0v) is 12.5. The van der Waals surface area contributed by atoms with E-state index in [-0.39, 0.29) is 5.82 Å². The fourth-order valence-corrected chi connectivity index (χ4v) is 2.90. The van der Waals surface area contributed by atoms with E-state index in [2.05, 4.69) is 0 Å². The first kappa shape index (κ1) is 14.7. The number of halogens is 1. The second-order valence-electron chi connectivity index (χ2n) is 4.49. The lowest BCUT2D eigenvalue weighted by Crippen LogP contribution is -1.95. The largest absolute Gasteiger partial charge is 0.494 e. The van der Waals surface area contributed by atoms with Crippen molar-refractivity contribution in [1.29, 1.82) is 0 Å². The lowest BCUT2D eigenvalue weighted by molar-refractivity contribution is 0.339. The topological polar surface area (TPSA) is 35.2 Å². The van der Waals surface area contributed by atoms with Crippen LogP contribution in [0.4, 0.5) is 10.1 Å². The van der Waals surface area contributed by atoms with Crippen molar-refractivity contribution in [3.63, 3.8) is 0 Å². The van der Waals surface area contributed by atoms with E-state index in [0.29, 0.717) is 18.0 Å². The highest BCUT2D eigenvalue weighted by molar-refractivity contribution is 7.98. The summed E-state index contributed by atoms with van der Waals surface area (Å²) in [5.41, 5.74) is 8.75. The molecule has 0 aromatic heterocycles. The predicted molar refractivity (Wildman–Crippen MR) is 82.7 cm³/mol. The van der Waals surface area contributed by atoms with Crippen LogP contribution in [-0.4, -0.2) is 6.61 Å². The van der Waals surface area contributed by atoms with Crippen molar-refractivity contribution < 1.29 is 9.13 Å². The fraction of sp³-hybridized carbons (Fsp3) is 0.250. The maximum Gasteiger partial charge on any atom is 0.123 e. The van der Waals surface area contributed by atoms with Crippen LogP contribution in [0, 0.1) is 12.7 Å². The number of nitrogen functional groups attached to an aromatic ring is 1. The molecule has 0 radical (unpaired) electrons. The Morgan fingerprint density at radius 3 is 2.75 bits per heavy atom. The molecule has 0 saturated heterocycles. The van der Waals surface area contributed by atoms with Crippen LogP contribution in [0.1, 0.15) is 18.1 Å². The summed E-state index contributed by atoms with van der Waals surface area (Å²) >= 11 is 1.59. The van der Waals surface area contributed by atoms with E-state index in [1.54, 1.807) is 23.9 Å². The Kier molecular flexibility index (Phi) is 4.90. The molecule has 0 bridgehead atoms. The van der Waals surface area contributed by atoms with Gasteiger partial charge in [-0.15, -0.1) is 11.8 Å². The molecule has 0 aliphatic heterocycles. The van der Waals surface area contributed by atoms with Crippen LogP contribution in [-0.2, 0) is 5.75 Å². The van der Waals surface area contributed by atoms with Gasteiger partial charge in [-0.3, -0.25) is 0 Å². The summed E-state index contributed by atoms with van der Waals surface area (Å²) in [6.07, 6.45) is 0. The number of ether oxygens (including phenoxy) is 1. The molecule has 0 heterocycles. The van der Waals surface area contributed by atoms with Gasteiger partial charge in [0, 0.05) is 16.3 Å². The number of rotatable bonds is 5. The average molecular weight is 291 g/mol. The molecule has 0 unspecified atom stereocenters. The lowest BCUT2D eigenvalue weighted by atomic mass is 10.1. The highest BCUT2D eigenvalue weighted by Gasteiger charge is 2.06. The minimum atomic E-state index is -0.206. The number of thioether (sulfide) groups is 1. The first-order valence-corrected chi connectivity index (χ1v) is 7.49. The van der Waals surface area contributed by atoms with E-state index >= 15 is 0 Å². The lowest BCUT2D eigenvalue weighted by Gasteiger charge is -2.10. The fourth-order valence-electron chi connectivity index (χ4n) is 1.85. The summed E-state index contributed by atoms with van der Waals surface area (Å²) in [6.45, 7) is 4.55. The van der Waals surface area contributed by atoms with Crippen molar-refractivity contribution in [2.45, 2.75) is 24.5 Å². The standard InChI is InChI=1S/C16H18FNOS/c1-3-19-14-6-7-15(18)16(9-14)20-10-12-8-13(17)5-4-11(12)2/h4-9H,3,10,18H2,1-2H3. The molecule has 2 N–H and O–H groups in total. The number of aryl methyl sites for hydroxylation is 1. The summed E-state index contributed by atoms with van der Waals surface area (Å²) in [5, 5.41) is 0. The molecule has 20 heavy (non-hydrogen) atoms. The monoisotopic (exact) mass is 291 g/mol. The summed E-state index contributed by atoms with van der Waals surface area (Å²) < 4.78 is 18.7. The second-order valence-corrected chi connectivity index (χ2v) is 5.51. The summed E-state index contributed by atoms with van der Waals surface area (Å²) in [4.78, 5) is 0.958. The van der Waals surface area contributed by atoms with Crippen LogP contribution < -0.4 is 10.5 Å². The van der Waals surface area contributed by atoms with Crippen LogP contribution in [0.15, 0.2) is 41.3 Å². The van der Waals surface area contributed by atoms with Crippen molar-refractivity contribution in [3.05, 3.63) is 53.3 Å². The maximum atomic E-state index is 13.3. The van der Waals surface area contributed by atoms with Crippen LogP contribution in [0.3, 0.4) is 0 Å². The molecule has 0 fully saturated rings. The number of hydrogen-bond donors (Lipinski definition) is 1. The minimum absolute atomic E-state index is 0.206. The first-order valence-electron chi connectivity index (χ1n) is 6.50. The van der Waals surface area contributed by atoms with Crippen molar-refractivity contribution in [2.24, 2.45) is 0 Å². The number of nitrogens with two attached hydrogens (primary N) is 1. The predicted octanol–water partition coefficient (Wildman–Crippen LogP) is 4.41. The highest BCUT2D eigenvalue weighted by atomic mass is 32.2. The van der Waals surface area contributed by atoms with Crippen LogP contribution in [0.25, 0.3) is 0 Å². The van der Waals surface area contributed by atoms with Gasteiger partial charge in [0.25, 0.3) is 0 Å². The molecule has 0 aliphatic rings. The third-order valence-electron chi connectivity index (χ3n) is 2.99. The third-order valence-corrected chi connectivity index (χ3v) is 4.11. The van der Waals surface area contributed by atoms with Gasteiger partial charge in [-0.05, 0) is 55.3 Å². The molecule has 0 aliphatic carbocycles. The number of hydrogen-bond acceptors (Lipinski definition) is 3. The quantitative estimate of drug-likeness (QED) is 0.654. The zero-order chi connectivity index (χ0) is 14.5. The van der Waals surface area contributed by atoms with E-state index in [4.69, 9.17) is 10.5 Å². The maximum absolute atomic E-state index is 13.3. The Hall–Kier alpha value is -1.68. The molecule has 0 amide bonds. The molecule has 2 rings (SSSR count). The Bertz CT molecular complexity index is 601. The van der Waals surface area contributed by atoms with E-state index in [1.807, 2.05) is 32.0 Å². The number of benzene rings is 2. The van der Waals surface area contributed by atoms with Gasteiger partial charge < -0.3 is 10.5 Å². The van der Waals surface area contributed by atoms with Gasteiger partial charge in [-0.2, -0.15) is 0 Å². The Morgan fingerprint density at radius 2 is 2.00 bits per heavy atom. The van der Waals surface area contributed by atoms with Crippen molar-refractivity contribution in [3.8, 4) is 5.75 Å². The Morgan fingerprint density at radius 1 is 1.20 bits per heavy atom. The number of anilines is 1. The van der Waals surface area contributed by atoms with Crippen LogP contribution >= 0.6 is 11.8 Å². The van der Waals surface area contributed by atoms with Crippen LogP contribution in [0.2, 0.25) is 0 Å². The van der Waals surface area contributed by atoms with E-state index in [9.17, 15) is 4.39 Å².